The second-order valence-electron chi connectivity index (χ2n) is 4.11. The Balaban J connectivity index is 2.38. The molecule has 1 aromatic heterocycles. The summed E-state index contributed by atoms with van der Waals surface area (Å²) in [5.74, 6) is -2.17. The maximum Gasteiger partial charge on any atom is 0.333 e. The Labute approximate surface area is 99.8 Å². The summed E-state index contributed by atoms with van der Waals surface area (Å²) in [6, 6.07) is 1.04. The second-order valence-corrected chi connectivity index (χ2v) is 4.11. The lowest BCUT2D eigenvalue weighted by Gasteiger charge is -2.15. The van der Waals surface area contributed by atoms with Gasteiger partial charge >= 0.3 is 11.7 Å². The normalized spacial score (nSPS) is 31.4. The Morgan fingerprint density at radius 2 is 2.22 bits per heavy atom. The van der Waals surface area contributed by atoms with E-state index >= 15 is 0 Å². The molecule has 0 aliphatic carbocycles. The molecule has 98 valence electrons. The van der Waals surface area contributed by atoms with Gasteiger partial charge in [-0.1, -0.05) is 6.92 Å². The van der Waals surface area contributed by atoms with E-state index in [1.54, 1.807) is 0 Å². The average Bonchev–Trinajstić information content (AvgIpc) is 2.57. The highest BCUT2D eigenvalue weighted by Gasteiger charge is 2.47. The SMILES string of the molecule is CC1[C@@H](C(=O)O)O[C@@H](n2ccc(=O)[nH]c2=O)[C@H]1F. The molecule has 4 atom stereocenters. The molecule has 0 bridgehead atoms. The average molecular weight is 258 g/mol. The van der Waals surface area contributed by atoms with Crippen LogP contribution in [0.25, 0.3) is 0 Å². The molecule has 0 radical (unpaired) electrons. The van der Waals surface area contributed by atoms with Gasteiger partial charge in [0.15, 0.2) is 18.5 Å². The molecule has 8 heteroatoms. The summed E-state index contributed by atoms with van der Waals surface area (Å²) >= 11 is 0. The number of H-pyrrole nitrogens is 1. The Bertz CT molecular complexity index is 580. The maximum atomic E-state index is 13.9. The van der Waals surface area contributed by atoms with Crippen molar-refractivity contribution in [3.05, 3.63) is 33.1 Å². The first-order valence-electron chi connectivity index (χ1n) is 5.25. The quantitative estimate of drug-likeness (QED) is 0.744. The van der Waals surface area contributed by atoms with Gasteiger partial charge in [0.2, 0.25) is 0 Å². The number of halogens is 1. The predicted octanol–water partition coefficient (Wildman–Crippen LogP) is -0.507. The number of rotatable bonds is 2. The van der Waals surface area contributed by atoms with Crippen LogP contribution in [0.15, 0.2) is 21.9 Å². The summed E-state index contributed by atoms with van der Waals surface area (Å²) in [5, 5.41) is 8.84. The first-order valence-corrected chi connectivity index (χ1v) is 5.25. The number of nitrogens with one attached hydrogen (secondary N) is 1. The molecule has 1 saturated heterocycles. The predicted molar refractivity (Wildman–Crippen MR) is 56.9 cm³/mol. The Kier molecular flexibility index (Phi) is 3.04. The molecular formula is C10H11FN2O5. The van der Waals surface area contributed by atoms with Gasteiger partial charge in [0.25, 0.3) is 5.56 Å². The summed E-state index contributed by atoms with van der Waals surface area (Å²) in [6.07, 6.45) is -3.22. The van der Waals surface area contributed by atoms with Gasteiger partial charge in [-0.25, -0.2) is 14.0 Å². The molecule has 2 rings (SSSR count). The van der Waals surface area contributed by atoms with E-state index in [2.05, 4.69) is 0 Å². The highest BCUT2D eigenvalue weighted by atomic mass is 19.1. The summed E-state index contributed by atoms with van der Waals surface area (Å²) in [7, 11) is 0. The van der Waals surface area contributed by atoms with Crippen molar-refractivity contribution < 1.29 is 19.0 Å². The number of carboxylic acid groups (broad SMARTS) is 1. The van der Waals surface area contributed by atoms with E-state index in [9.17, 15) is 18.8 Å². The fourth-order valence-electron chi connectivity index (χ4n) is 1.91. The number of aromatic nitrogens is 2. The third-order valence-corrected chi connectivity index (χ3v) is 2.91. The number of hydrogen-bond acceptors (Lipinski definition) is 4. The van der Waals surface area contributed by atoms with Crippen LogP contribution in [-0.2, 0) is 9.53 Å². The van der Waals surface area contributed by atoms with E-state index in [1.807, 2.05) is 4.98 Å². The number of alkyl halides is 1. The molecular weight excluding hydrogens is 247 g/mol. The van der Waals surface area contributed by atoms with Crippen LogP contribution in [0, 0.1) is 5.92 Å². The number of aliphatic carboxylic acids is 1. The monoisotopic (exact) mass is 258 g/mol. The zero-order valence-electron chi connectivity index (χ0n) is 9.37. The van der Waals surface area contributed by atoms with Crippen LogP contribution in [0.3, 0.4) is 0 Å². The summed E-state index contributed by atoms with van der Waals surface area (Å²) in [5.41, 5.74) is -1.46. The first kappa shape index (κ1) is 12.5. The number of aromatic amines is 1. The van der Waals surface area contributed by atoms with Gasteiger partial charge in [-0.05, 0) is 0 Å². The Morgan fingerprint density at radius 1 is 1.56 bits per heavy atom. The highest BCUT2D eigenvalue weighted by molar-refractivity contribution is 5.73. The van der Waals surface area contributed by atoms with Crippen LogP contribution in [0.2, 0.25) is 0 Å². The largest absolute Gasteiger partial charge is 0.479 e. The molecule has 0 aromatic carbocycles. The lowest BCUT2D eigenvalue weighted by Crippen LogP contribution is -2.34. The second kappa shape index (κ2) is 4.37. The van der Waals surface area contributed by atoms with Crippen molar-refractivity contribution >= 4 is 5.97 Å². The molecule has 2 heterocycles. The molecule has 1 aliphatic rings. The lowest BCUT2D eigenvalue weighted by molar-refractivity contribution is -0.153. The molecule has 1 aliphatic heterocycles. The highest BCUT2D eigenvalue weighted by Crippen LogP contribution is 2.35. The number of hydrogen-bond donors (Lipinski definition) is 2. The molecule has 1 aromatic rings. The number of ether oxygens (including phenoxy) is 1. The third kappa shape index (κ3) is 1.94. The van der Waals surface area contributed by atoms with Crippen molar-refractivity contribution in [1.29, 1.82) is 0 Å². The van der Waals surface area contributed by atoms with Crippen molar-refractivity contribution in [3.63, 3.8) is 0 Å². The molecule has 7 nitrogen and oxygen atoms in total. The minimum Gasteiger partial charge on any atom is -0.479 e. The topological polar surface area (TPSA) is 101 Å². The van der Waals surface area contributed by atoms with Crippen molar-refractivity contribution in [2.75, 3.05) is 0 Å². The summed E-state index contributed by atoms with van der Waals surface area (Å²) in [6.45, 7) is 1.39. The summed E-state index contributed by atoms with van der Waals surface area (Å²) < 4.78 is 19.8. The van der Waals surface area contributed by atoms with Crippen molar-refractivity contribution in [2.45, 2.75) is 25.4 Å². The summed E-state index contributed by atoms with van der Waals surface area (Å²) in [4.78, 5) is 35.1. The van der Waals surface area contributed by atoms with E-state index in [0.717, 1.165) is 16.8 Å². The standard InChI is InChI=1S/C10H11FN2O5/c1-4-6(11)8(18-7(4)9(15)16)13-3-2-5(14)12-10(13)17/h2-4,6-8H,1H3,(H,15,16)(H,12,14,17)/t4?,6-,7-,8+/m0/s1. The number of nitrogens with zero attached hydrogens (tertiary/aromatic N) is 1. The Morgan fingerprint density at radius 3 is 2.72 bits per heavy atom. The molecule has 0 saturated carbocycles. The molecule has 1 fully saturated rings. The van der Waals surface area contributed by atoms with Gasteiger partial charge in [-0.2, -0.15) is 0 Å². The van der Waals surface area contributed by atoms with Gasteiger partial charge < -0.3 is 9.84 Å². The van der Waals surface area contributed by atoms with Crippen LogP contribution in [0.1, 0.15) is 13.2 Å². The van der Waals surface area contributed by atoms with E-state index < -0.39 is 41.6 Å². The van der Waals surface area contributed by atoms with Crippen LogP contribution < -0.4 is 11.2 Å². The zero-order valence-corrected chi connectivity index (χ0v) is 9.37. The van der Waals surface area contributed by atoms with Gasteiger partial charge in [-0.3, -0.25) is 14.3 Å². The van der Waals surface area contributed by atoms with E-state index in [0.29, 0.717) is 0 Å². The molecule has 0 spiro atoms. The van der Waals surface area contributed by atoms with Crippen LogP contribution in [0.4, 0.5) is 4.39 Å². The maximum absolute atomic E-state index is 13.9. The van der Waals surface area contributed by atoms with E-state index in [1.165, 1.54) is 6.92 Å². The third-order valence-electron chi connectivity index (χ3n) is 2.91. The van der Waals surface area contributed by atoms with Gasteiger partial charge in [0.05, 0.1) is 0 Å². The zero-order chi connectivity index (χ0) is 13.4. The number of carbonyl (C=O) groups is 1. The van der Waals surface area contributed by atoms with Crippen molar-refractivity contribution in [1.82, 2.24) is 9.55 Å². The van der Waals surface area contributed by atoms with E-state index in [-0.39, 0.29) is 0 Å². The fourth-order valence-corrected chi connectivity index (χ4v) is 1.91. The minimum absolute atomic E-state index is 0.618. The van der Waals surface area contributed by atoms with Crippen LogP contribution in [-0.4, -0.2) is 32.9 Å². The molecule has 1 unspecified atom stereocenters. The van der Waals surface area contributed by atoms with Gasteiger partial charge in [0.1, 0.15) is 0 Å². The smallest absolute Gasteiger partial charge is 0.333 e. The lowest BCUT2D eigenvalue weighted by atomic mass is 10.0. The van der Waals surface area contributed by atoms with Gasteiger partial charge in [-0.15, -0.1) is 0 Å². The van der Waals surface area contributed by atoms with Gasteiger partial charge in [0, 0.05) is 18.2 Å². The fraction of sp³-hybridized carbons (Fsp3) is 0.500. The molecule has 0 amide bonds. The number of carboxylic acids is 1. The molecule has 2 N–H and O–H groups in total. The van der Waals surface area contributed by atoms with E-state index in [4.69, 9.17) is 9.84 Å². The molecule has 18 heavy (non-hydrogen) atoms. The minimum atomic E-state index is -1.64. The van der Waals surface area contributed by atoms with Crippen molar-refractivity contribution in [3.8, 4) is 0 Å². The first-order chi connectivity index (χ1) is 8.41. The van der Waals surface area contributed by atoms with Crippen LogP contribution in [0.5, 0.6) is 0 Å². The Hall–Kier alpha value is -1.96. The van der Waals surface area contributed by atoms with Crippen LogP contribution >= 0.6 is 0 Å². The van der Waals surface area contributed by atoms with Crippen molar-refractivity contribution in [2.24, 2.45) is 5.92 Å².